The van der Waals surface area contributed by atoms with Gasteiger partial charge in [0.1, 0.15) is 0 Å². The number of aliphatic hydroxyl groups excluding tert-OH is 1. The number of rotatable bonds is 1. The van der Waals surface area contributed by atoms with Crippen LogP contribution in [-0.2, 0) is 0 Å². The van der Waals surface area contributed by atoms with Crippen molar-refractivity contribution in [3.63, 3.8) is 0 Å². The van der Waals surface area contributed by atoms with Crippen LogP contribution in [0.2, 0.25) is 0 Å². The summed E-state index contributed by atoms with van der Waals surface area (Å²) in [4.78, 5) is 0. The highest BCUT2D eigenvalue weighted by Gasteiger charge is 2.19. The van der Waals surface area contributed by atoms with Gasteiger partial charge in [0, 0.05) is 6.61 Å². The van der Waals surface area contributed by atoms with Crippen LogP contribution in [0.5, 0.6) is 0 Å². The van der Waals surface area contributed by atoms with Gasteiger partial charge in [0.2, 0.25) is 0 Å². The molecule has 2 unspecified atom stereocenters. The molecule has 0 aliphatic heterocycles. The standard InChI is InChI=1S/C7H14O/c1-6-2-3-7(4-6)5-8/h6-8H,2-5H2,1H3. The van der Waals surface area contributed by atoms with E-state index in [-0.39, 0.29) is 0 Å². The lowest BCUT2D eigenvalue weighted by Crippen LogP contribution is -1.99. The molecule has 0 spiro atoms. The van der Waals surface area contributed by atoms with Gasteiger partial charge in [-0.15, -0.1) is 0 Å². The Bertz CT molecular complexity index is 70.8. The van der Waals surface area contributed by atoms with Crippen LogP contribution in [0.4, 0.5) is 0 Å². The van der Waals surface area contributed by atoms with Gasteiger partial charge >= 0.3 is 0 Å². The lowest BCUT2D eigenvalue weighted by Gasteiger charge is -2.01. The molecule has 0 aromatic rings. The maximum atomic E-state index is 8.68. The van der Waals surface area contributed by atoms with E-state index in [1.54, 1.807) is 0 Å². The Morgan fingerprint density at radius 3 is 2.50 bits per heavy atom. The third-order valence-corrected chi connectivity index (χ3v) is 2.06. The molecule has 1 aliphatic carbocycles. The van der Waals surface area contributed by atoms with Gasteiger partial charge in [-0.05, 0) is 24.7 Å². The van der Waals surface area contributed by atoms with E-state index in [1.165, 1.54) is 19.3 Å². The van der Waals surface area contributed by atoms with E-state index in [0.717, 1.165) is 5.92 Å². The molecule has 0 aromatic carbocycles. The fraction of sp³-hybridized carbons (Fsp3) is 1.00. The Morgan fingerprint density at radius 1 is 1.50 bits per heavy atom. The Morgan fingerprint density at radius 2 is 2.25 bits per heavy atom. The third kappa shape index (κ3) is 1.22. The second kappa shape index (κ2) is 2.49. The second-order valence-corrected chi connectivity index (χ2v) is 2.97. The minimum atomic E-state index is 0.407. The lowest BCUT2D eigenvalue weighted by molar-refractivity contribution is 0.227. The van der Waals surface area contributed by atoms with E-state index in [4.69, 9.17) is 5.11 Å². The number of aliphatic hydroxyl groups is 1. The van der Waals surface area contributed by atoms with E-state index in [9.17, 15) is 0 Å². The summed E-state index contributed by atoms with van der Waals surface area (Å²) in [5, 5.41) is 8.68. The molecule has 2 atom stereocenters. The summed E-state index contributed by atoms with van der Waals surface area (Å²) in [7, 11) is 0. The predicted molar refractivity (Wildman–Crippen MR) is 33.6 cm³/mol. The van der Waals surface area contributed by atoms with Crippen molar-refractivity contribution in [3.05, 3.63) is 0 Å². The maximum absolute atomic E-state index is 8.68. The molecule has 1 heteroatoms. The van der Waals surface area contributed by atoms with Gasteiger partial charge in [0.15, 0.2) is 0 Å². The average Bonchev–Trinajstić information content (AvgIpc) is 2.14. The maximum Gasteiger partial charge on any atom is 0.0459 e. The molecule has 1 rings (SSSR count). The number of hydrogen-bond donors (Lipinski definition) is 1. The summed E-state index contributed by atoms with van der Waals surface area (Å²) in [6, 6.07) is 0. The first kappa shape index (κ1) is 6.09. The van der Waals surface area contributed by atoms with Crippen LogP contribution in [0, 0.1) is 11.8 Å². The molecule has 0 bridgehead atoms. The van der Waals surface area contributed by atoms with Gasteiger partial charge in [0.25, 0.3) is 0 Å². The number of hydrogen-bond acceptors (Lipinski definition) is 1. The molecule has 1 nitrogen and oxygen atoms in total. The highest BCUT2D eigenvalue weighted by Crippen LogP contribution is 2.29. The zero-order valence-corrected chi connectivity index (χ0v) is 5.43. The van der Waals surface area contributed by atoms with Crippen molar-refractivity contribution in [1.82, 2.24) is 0 Å². The zero-order chi connectivity index (χ0) is 5.98. The summed E-state index contributed by atoms with van der Waals surface area (Å²) < 4.78 is 0. The van der Waals surface area contributed by atoms with Crippen LogP contribution in [0.1, 0.15) is 26.2 Å². The topological polar surface area (TPSA) is 20.2 Å². The first-order valence-corrected chi connectivity index (χ1v) is 3.43. The smallest absolute Gasteiger partial charge is 0.0459 e. The first-order valence-electron chi connectivity index (χ1n) is 3.43. The quantitative estimate of drug-likeness (QED) is 0.546. The van der Waals surface area contributed by atoms with Crippen molar-refractivity contribution in [2.24, 2.45) is 11.8 Å². The van der Waals surface area contributed by atoms with Crippen LogP contribution >= 0.6 is 0 Å². The highest BCUT2D eigenvalue weighted by molar-refractivity contribution is 4.71. The van der Waals surface area contributed by atoms with Crippen molar-refractivity contribution in [2.75, 3.05) is 6.61 Å². The van der Waals surface area contributed by atoms with Crippen molar-refractivity contribution < 1.29 is 5.11 Å². The van der Waals surface area contributed by atoms with E-state index in [1.807, 2.05) is 0 Å². The van der Waals surface area contributed by atoms with Crippen molar-refractivity contribution in [2.45, 2.75) is 26.2 Å². The molecule has 0 amide bonds. The molecule has 1 saturated carbocycles. The van der Waals surface area contributed by atoms with Crippen LogP contribution in [0.3, 0.4) is 0 Å². The van der Waals surface area contributed by atoms with Gasteiger partial charge in [-0.3, -0.25) is 0 Å². The predicted octanol–water partition coefficient (Wildman–Crippen LogP) is 1.41. The highest BCUT2D eigenvalue weighted by atomic mass is 16.3. The SMILES string of the molecule is CC1CCC(CO)C1. The van der Waals surface area contributed by atoms with E-state index in [2.05, 4.69) is 6.92 Å². The Balaban J connectivity index is 2.22. The Labute approximate surface area is 50.7 Å². The lowest BCUT2D eigenvalue weighted by atomic mass is 10.1. The summed E-state index contributed by atoms with van der Waals surface area (Å²) in [5.41, 5.74) is 0. The molecule has 0 aromatic heterocycles. The molecule has 1 aliphatic rings. The Kier molecular flexibility index (Phi) is 1.90. The molecule has 0 saturated heterocycles. The van der Waals surface area contributed by atoms with Gasteiger partial charge in [-0.1, -0.05) is 13.3 Å². The third-order valence-electron chi connectivity index (χ3n) is 2.06. The minimum absolute atomic E-state index is 0.407. The molecule has 8 heavy (non-hydrogen) atoms. The average molecular weight is 114 g/mol. The molecular formula is C7H14O. The van der Waals surface area contributed by atoms with Crippen LogP contribution in [0.15, 0.2) is 0 Å². The van der Waals surface area contributed by atoms with Gasteiger partial charge in [0.05, 0.1) is 0 Å². The van der Waals surface area contributed by atoms with E-state index < -0.39 is 0 Å². The second-order valence-electron chi connectivity index (χ2n) is 2.97. The van der Waals surface area contributed by atoms with Crippen molar-refractivity contribution in [3.8, 4) is 0 Å². The van der Waals surface area contributed by atoms with Crippen LogP contribution in [-0.4, -0.2) is 11.7 Å². The van der Waals surface area contributed by atoms with Gasteiger partial charge in [-0.2, -0.15) is 0 Å². The van der Waals surface area contributed by atoms with Crippen LogP contribution < -0.4 is 0 Å². The van der Waals surface area contributed by atoms with E-state index in [0.29, 0.717) is 12.5 Å². The Hall–Kier alpha value is -0.0400. The fourth-order valence-corrected chi connectivity index (χ4v) is 1.49. The molecule has 0 radical (unpaired) electrons. The van der Waals surface area contributed by atoms with E-state index >= 15 is 0 Å². The summed E-state index contributed by atoms with van der Waals surface area (Å²) in [6.07, 6.45) is 3.82. The van der Waals surface area contributed by atoms with Crippen molar-refractivity contribution in [1.29, 1.82) is 0 Å². The summed E-state index contributed by atoms with van der Waals surface area (Å²) in [5.74, 6) is 1.50. The zero-order valence-electron chi connectivity index (χ0n) is 5.43. The van der Waals surface area contributed by atoms with Gasteiger partial charge in [-0.25, -0.2) is 0 Å². The molecule has 1 fully saturated rings. The molecule has 0 heterocycles. The minimum Gasteiger partial charge on any atom is -0.396 e. The first-order chi connectivity index (χ1) is 3.83. The molecular weight excluding hydrogens is 100 g/mol. The molecule has 1 N–H and O–H groups in total. The van der Waals surface area contributed by atoms with Gasteiger partial charge < -0.3 is 5.11 Å². The summed E-state index contributed by atoms with van der Waals surface area (Å²) in [6.45, 7) is 2.67. The largest absolute Gasteiger partial charge is 0.396 e. The summed E-state index contributed by atoms with van der Waals surface area (Å²) >= 11 is 0. The van der Waals surface area contributed by atoms with Crippen LogP contribution in [0.25, 0.3) is 0 Å². The normalized spacial score (nSPS) is 38.2. The molecule has 48 valence electrons. The monoisotopic (exact) mass is 114 g/mol. The van der Waals surface area contributed by atoms with Crippen molar-refractivity contribution >= 4 is 0 Å². The fourth-order valence-electron chi connectivity index (χ4n) is 1.49.